The zero-order valence-corrected chi connectivity index (χ0v) is 10.9. The third-order valence-electron chi connectivity index (χ3n) is 3.11. The van der Waals surface area contributed by atoms with Crippen LogP contribution in [0.25, 0.3) is 0 Å². The lowest BCUT2D eigenvalue weighted by molar-refractivity contribution is -0.124. The van der Waals surface area contributed by atoms with Crippen LogP contribution in [0.15, 0.2) is 0 Å². The highest BCUT2D eigenvalue weighted by atomic mass is 35.5. The van der Waals surface area contributed by atoms with E-state index >= 15 is 0 Å². The smallest absolute Gasteiger partial charge is 0.220 e. The van der Waals surface area contributed by atoms with E-state index in [1.165, 1.54) is 0 Å². The Morgan fingerprint density at radius 3 is 2.69 bits per heavy atom. The van der Waals surface area contributed by atoms with Gasteiger partial charge in [0.15, 0.2) is 0 Å². The van der Waals surface area contributed by atoms with E-state index in [9.17, 15) is 4.79 Å². The van der Waals surface area contributed by atoms with Crippen LogP contribution in [-0.4, -0.2) is 30.5 Å². The maximum absolute atomic E-state index is 11.6. The quantitative estimate of drug-likeness (QED) is 0.702. The molecule has 1 aliphatic rings. The lowest BCUT2D eigenvalue weighted by Crippen LogP contribution is -2.40. The van der Waals surface area contributed by atoms with E-state index in [1.54, 1.807) is 0 Å². The first kappa shape index (κ1) is 13.8. The van der Waals surface area contributed by atoms with Crippen molar-refractivity contribution in [1.82, 2.24) is 5.32 Å². The van der Waals surface area contributed by atoms with Gasteiger partial charge in [-0.25, -0.2) is 0 Å². The fraction of sp³-hybridized carbons (Fsp3) is 0.917. The Balaban J connectivity index is 2.12. The molecule has 1 atom stereocenters. The topological polar surface area (TPSA) is 38.3 Å². The van der Waals surface area contributed by atoms with E-state index in [0.29, 0.717) is 24.3 Å². The molecular weight excluding hydrogens is 226 g/mol. The van der Waals surface area contributed by atoms with Crippen LogP contribution in [0.3, 0.4) is 0 Å². The minimum absolute atomic E-state index is 0.122. The number of nitrogens with one attached hydrogen (secondary N) is 1. The van der Waals surface area contributed by atoms with Crippen LogP contribution >= 0.6 is 11.6 Å². The largest absolute Gasteiger partial charge is 0.378 e. The van der Waals surface area contributed by atoms with Gasteiger partial charge in [-0.1, -0.05) is 6.92 Å². The van der Waals surface area contributed by atoms with Crippen molar-refractivity contribution in [2.24, 2.45) is 5.92 Å². The number of amides is 1. The molecule has 1 aliphatic carbocycles. The molecule has 0 heterocycles. The van der Waals surface area contributed by atoms with Gasteiger partial charge in [0.1, 0.15) is 0 Å². The molecule has 0 saturated heterocycles. The number of hydrogen-bond donors (Lipinski definition) is 1. The number of carbonyl (C=O) groups is 1. The van der Waals surface area contributed by atoms with Crippen molar-refractivity contribution in [3.63, 3.8) is 0 Å². The summed E-state index contributed by atoms with van der Waals surface area (Å²) in [5.41, 5.74) is 0. The number of rotatable bonds is 7. The van der Waals surface area contributed by atoms with E-state index < -0.39 is 0 Å². The van der Waals surface area contributed by atoms with E-state index in [1.807, 2.05) is 13.8 Å². The number of hydrogen-bond acceptors (Lipinski definition) is 2. The third kappa shape index (κ3) is 4.30. The van der Waals surface area contributed by atoms with E-state index in [2.05, 4.69) is 5.32 Å². The number of carbonyl (C=O) groups excluding carboxylic acids is 1. The molecule has 94 valence electrons. The minimum atomic E-state index is 0.122. The molecular formula is C12H22ClNO2. The van der Waals surface area contributed by atoms with Gasteiger partial charge in [0.25, 0.3) is 0 Å². The molecule has 1 rings (SSSR count). The van der Waals surface area contributed by atoms with Gasteiger partial charge in [-0.3, -0.25) is 4.79 Å². The molecule has 0 aliphatic heterocycles. The monoisotopic (exact) mass is 247 g/mol. The second kappa shape index (κ2) is 7.13. The Bertz CT molecular complexity index is 213. The minimum Gasteiger partial charge on any atom is -0.378 e. The van der Waals surface area contributed by atoms with E-state index in [0.717, 1.165) is 25.9 Å². The van der Waals surface area contributed by atoms with Gasteiger partial charge in [0.2, 0.25) is 5.91 Å². The summed E-state index contributed by atoms with van der Waals surface area (Å²) in [6.07, 6.45) is 3.95. The van der Waals surface area contributed by atoms with Gasteiger partial charge in [0, 0.05) is 24.9 Å². The highest BCUT2D eigenvalue weighted by Crippen LogP contribution is 2.32. The molecule has 1 saturated carbocycles. The first-order chi connectivity index (χ1) is 7.69. The van der Waals surface area contributed by atoms with Crippen molar-refractivity contribution in [3.8, 4) is 0 Å². The molecule has 1 N–H and O–H groups in total. The Kier molecular flexibility index (Phi) is 6.14. The molecule has 4 heteroatoms. The van der Waals surface area contributed by atoms with Crippen molar-refractivity contribution in [2.45, 2.75) is 51.7 Å². The molecule has 1 amide bonds. The predicted molar refractivity (Wildman–Crippen MR) is 65.7 cm³/mol. The van der Waals surface area contributed by atoms with E-state index in [-0.39, 0.29) is 11.9 Å². The second-order valence-corrected chi connectivity index (χ2v) is 4.75. The summed E-state index contributed by atoms with van der Waals surface area (Å²) in [6.45, 7) is 4.81. The lowest BCUT2D eigenvalue weighted by Gasteiger charge is -2.34. The normalized spacial score (nSPS) is 25.9. The number of ether oxygens (including phenoxy) is 1. The summed E-state index contributed by atoms with van der Waals surface area (Å²) in [4.78, 5) is 11.6. The molecule has 1 unspecified atom stereocenters. The molecule has 0 bridgehead atoms. The van der Waals surface area contributed by atoms with Crippen LogP contribution in [-0.2, 0) is 9.53 Å². The molecule has 0 aromatic heterocycles. The van der Waals surface area contributed by atoms with Crippen LogP contribution < -0.4 is 5.32 Å². The third-order valence-corrected chi connectivity index (χ3v) is 3.49. The maximum atomic E-state index is 11.6. The summed E-state index contributed by atoms with van der Waals surface area (Å²) in [6, 6.07) is 0.122. The molecule has 0 aromatic carbocycles. The fourth-order valence-corrected chi connectivity index (χ4v) is 2.31. The van der Waals surface area contributed by atoms with Gasteiger partial charge in [0.05, 0.1) is 6.10 Å². The first-order valence-corrected chi connectivity index (χ1v) is 6.69. The summed E-state index contributed by atoms with van der Waals surface area (Å²) < 4.78 is 5.46. The Labute approximate surface area is 103 Å². The van der Waals surface area contributed by atoms with Gasteiger partial charge >= 0.3 is 0 Å². The Morgan fingerprint density at radius 2 is 2.19 bits per heavy atom. The second-order valence-electron chi connectivity index (χ2n) is 4.45. The number of alkyl halides is 1. The van der Waals surface area contributed by atoms with Crippen molar-refractivity contribution in [3.05, 3.63) is 0 Å². The van der Waals surface area contributed by atoms with Crippen molar-refractivity contribution in [2.75, 3.05) is 12.5 Å². The molecule has 0 spiro atoms. The summed E-state index contributed by atoms with van der Waals surface area (Å²) in [7, 11) is 0. The van der Waals surface area contributed by atoms with Crippen LogP contribution in [0.4, 0.5) is 0 Å². The highest BCUT2D eigenvalue weighted by Gasteiger charge is 2.31. The van der Waals surface area contributed by atoms with Crippen LogP contribution in [0.5, 0.6) is 0 Å². The van der Waals surface area contributed by atoms with Crippen molar-refractivity contribution in [1.29, 1.82) is 0 Å². The summed E-state index contributed by atoms with van der Waals surface area (Å²) in [5, 5.41) is 2.95. The SMILES string of the molecule is CCOC1CC(CC(=O)NC(CC)CCl)C1. The first-order valence-electron chi connectivity index (χ1n) is 6.16. The standard InChI is InChI=1S/C12H22ClNO2/c1-3-10(8-13)14-12(15)7-9-5-11(6-9)16-4-2/h9-11H,3-8H2,1-2H3,(H,14,15). The summed E-state index contributed by atoms with van der Waals surface area (Å²) >= 11 is 5.73. The molecule has 16 heavy (non-hydrogen) atoms. The fourth-order valence-electron chi connectivity index (χ4n) is 2.01. The Morgan fingerprint density at radius 1 is 1.50 bits per heavy atom. The Hall–Kier alpha value is -0.280. The van der Waals surface area contributed by atoms with Crippen LogP contribution in [0.1, 0.15) is 39.5 Å². The average Bonchev–Trinajstić information content (AvgIpc) is 2.23. The van der Waals surface area contributed by atoms with Gasteiger partial charge < -0.3 is 10.1 Å². The maximum Gasteiger partial charge on any atom is 0.220 e. The van der Waals surface area contributed by atoms with Gasteiger partial charge in [-0.15, -0.1) is 11.6 Å². The van der Waals surface area contributed by atoms with Crippen molar-refractivity contribution < 1.29 is 9.53 Å². The van der Waals surface area contributed by atoms with E-state index in [4.69, 9.17) is 16.3 Å². The zero-order chi connectivity index (χ0) is 12.0. The molecule has 1 fully saturated rings. The van der Waals surface area contributed by atoms with Crippen LogP contribution in [0.2, 0.25) is 0 Å². The highest BCUT2D eigenvalue weighted by molar-refractivity contribution is 6.18. The lowest BCUT2D eigenvalue weighted by atomic mass is 9.80. The predicted octanol–water partition coefficient (Wildman–Crippen LogP) is 2.33. The molecule has 0 radical (unpaired) electrons. The van der Waals surface area contributed by atoms with Gasteiger partial charge in [-0.05, 0) is 32.1 Å². The molecule has 3 nitrogen and oxygen atoms in total. The number of halogens is 1. The van der Waals surface area contributed by atoms with Gasteiger partial charge in [-0.2, -0.15) is 0 Å². The average molecular weight is 248 g/mol. The molecule has 0 aromatic rings. The summed E-state index contributed by atoms with van der Waals surface area (Å²) in [5.74, 6) is 1.13. The van der Waals surface area contributed by atoms with Crippen molar-refractivity contribution >= 4 is 17.5 Å². The zero-order valence-electron chi connectivity index (χ0n) is 10.2. The van der Waals surface area contributed by atoms with Crippen LogP contribution in [0, 0.1) is 5.92 Å².